The monoisotopic (exact) mass is 306 g/mol. The molecule has 116 valence electrons. The third-order valence-electron chi connectivity index (χ3n) is 3.08. The van der Waals surface area contributed by atoms with E-state index in [-0.39, 0.29) is 22.3 Å². The van der Waals surface area contributed by atoms with Crippen LogP contribution in [0.15, 0.2) is 12.1 Å². The summed E-state index contributed by atoms with van der Waals surface area (Å²) in [4.78, 5) is 36.2. The fraction of sp³-hybridized carbons (Fsp3) is 0.286. The van der Waals surface area contributed by atoms with Gasteiger partial charge in [0.1, 0.15) is 11.1 Å². The van der Waals surface area contributed by atoms with Crippen LogP contribution >= 0.6 is 0 Å². The Labute approximate surface area is 125 Å². The number of nitrogens with zero attached hydrogens (tertiary/aromatic N) is 2. The molecule has 0 saturated carbocycles. The van der Waals surface area contributed by atoms with Gasteiger partial charge in [-0.3, -0.25) is 0 Å². The zero-order valence-corrected chi connectivity index (χ0v) is 12.5. The van der Waals surface area contributed by atoms with Gasteiger partial charge in [0.15, 0.2) is 5.69 Å². The summed E-state index contributed by atoms with van der Waals surface area (Å²) in [5.74, 6) is -2.45. The first-order valence-electron chi connectivity index (χ1n) is 6.23. The molecule has 2 heterocycles. The lowest BCUT2D eigenvalue weighted by molar-refractivity contribution is 0.0536. The predicted molar refractivity (Wildman–Crippen MR) is 73.9 cm³/mol. The summed E-state index contributed by atoms with van der Waals surface area (Å²) in [6.07, 6.45) is 0. The molecule has 22 heavy (non-hydrogen) atoms. The summed E-state index contributed by atoms with van der Waals surface area (Å²) in [6.45, 7) is 1.70. The Bertz CT molecular complexity index is 777. The van der Waals surface area contributed by atoms with Crippen LogP contribution in [-0.4, -0.2) is 48.9 Å². The van der Waals surface area contributed by atoms with Crippen molar-refractivity contribution < 1.29 is 28.6 Å². The van der Waals surface area contributed by atoms with E-state index in [1.165, 1.54) is 11.6 Å². The zero-order valence-electron chi connectivity index (χ0n) is 12.5. The molecule has 0 fully saturated rings. The Morgan fingerprint density at radius 2 is 1.45 bits per heavy atom. The SMILES string of the molecule is COC(=O)c1c(C(=O)OC)c2ccc(C)nn2c1C(=O)OC. The van der Waals surface area contributed by atoms with E-state index in [1.54, 1.807) is 19.1 Å². The van der Waals surface area contributed by atoms with Crippen molar-refractivity contribution in [2.24, 2.45) is 0 Å². The lowest BCUT2D eigenvalue weighted by Gasteiger charge is -2.03. The van der Waals surface area contributed by atoms with E-state index in [9.17, 15) is 14.4 Å². The van der Waals surface area contributed by atoms with Crippen LogP contribution < -0.4 is 0 Å². The lowest BCUT2D eigenvalue weighted by Crippen LogP contribution is -2.16. The maximum atomic E-state index is 12.1. The molecule has 0 radical (unpaired) electrons. The van der Waals surface area contributed by atoms with Crippen LogP contribution in [0.2, 0.25) is 0 Å². The van der Waals surface area contributed by atoms with Crippen molar-refractivity contribution in [3.05, 3.63) is 34.6 Å². The molecule has 0 spiro atoms. The van der Waals surface area contributed by atoms with Crippen molar-refractivity contribution in [3.63, 3.8) is 0 Å². The highest BCUT2D eigenvalue weighted by Gasteiger charge is 2.33. The number of aryl methyl sites for hydroxylation is 1. The summed E-state index contributed by atoms with van der Waals surface area (Å²) in [5.41, 5.74) is 0.314. The largest absolute Gasteiger partial charge is 0.465 e. The van der Waals surface area contributed by atoms with Crippen molar-refractivity contribution in [2.45, 2.75) is 6.92 Å². The molecule has 0 aromatic carbocycles. The smallest absolute Gasteiger partial charge is 0.357 e. The minimum atomic E-state index is -0.857. The molecule has 8 heteroatoms. The number of rotatable bonds is 3. The Morgan fingerprint density at radius 3 is 2.00 bits per heavy atom. The zero-order chi connectivity index (χ0) is 16.4. The second kappa shape index (κ2) is 5.84. The van der Waals surface area contributed by atoms with E-state index < -0.39 is 17.9 Å². The van der Waals surface area contributed by atoms with Crippen LogP contribution in [0.4, 0.5) is 0 Å². The number of aromatic nitrogens is 2. The molecule has 0 saturated heterocycles. The minimum Gasteiger partial charge on any atom is -0.465 e. The topological polar surface area (TPSA) is 96.2 Å². The van der Waals surface area contributed by atoms with Crippen molar-refractivity contribution >= 4 is 23.4 Å². The van der Waals surface area contributed by atoms with Gasteiger partial charge in [-0.05, 0) is 19.1 Å². The van der Waals surface area contributed by atoms with Gasteiger partial charge in [0.2, 0.25) is 0 Å². The number of esters is 3. The van der Waals surface area contributed by atoms with Crippen LogP contribution in [0, 0.1) is 6.92 Å². The molecule has 0 aliphatic carbocycles. The van der Waals surface area contributed by atoms with Gasteiger partial charge in [0.05, 0.1) is 32.5 Å². The van der Waals surface area contributed by atoms with Gasteiger partial charge in [-0.2, -0.15) is 5.10 Å². The highest BCUT2D eigenvalue weighted by Crippen LogP contribution is 2.26. The Hall–Kier alpha value is -2.90. The average Bonchev–Trinajstić information content (AvgIpc) is 2.86. The van der Waals surface area contributed by atoms with E-state index in [0.717, 1.165) is 14.2 Å². The summed E-state index contributed by atoms with van der Waals surface area (Å²) in [7, 11) is 3.48. The number of carbonyl (C=O) groups excluding carboxylic acids is 3. The number of ether oxygens (including phenoxy) is 3. The van der Waals surface area contributed by atoms with Crippen molar-refractivity contribution in [2.75, 3.05) is 21.3 Å². The molecule has 8 nitrogen and oxygen atoms in total. The molecule has 0 aliphatic rings. The first kappa shape index (κ1) is 15.5. The predicted octanol–water partition coefficient (Wildman–Crippen LogP) is 1.00. The number of hydrogen-bond donors (Lipinski definition) is 0. The van der Waals surface area contributed by atoms with Gasteiger partial charge in [-0.25, -0.2) is 18.9 Å². The summed E-state index contributed by atoms with van der Waals surface area (Å²) in [5, 5.41) is 4.16. The van der Waals surface area contributed by atoms with E-state index in [1.807, 2.05) is 0 Å². The molecule has 0 N–H and O–H groups in total. The number of hydrogen-bond acceptors (Lipinski definition) is 7. The molecule has 2 aromatic heterocycles. The fourth-order valence-corrected chi connectivity index (χ4v) is 2.12. The number of fused-ring (bicyclic) bond motifs is 1. The molecule has 0 unspecified atom stereocenters. The molecule has 0 aliphatic heterocycles. The summed E-state index contributed by atoms with van der Waals surface area (Å²) in [6, 6.07) is 3.21. The molecule has 0 amide bonds. The summed E-state index contributed by atoms with van der Waals surface area (Å²) < 4.78 is 15.2. The quantitative estimate of drug-likeness (QED) is 0.616. The Morgan fingerprint density at radius 1 is 0.909 bits per heavy atom. The number of carbonyl (C=O) groups is 3. The van der Waals surface area contributed by atoms with E-state index in [0.29, 0.717) is 5.69 Å². The van der Waals surface area contributed by atoms with Crippen LogP contribution in [-0.2, 0) is 14.2 Å². The molecule has 0 atom stereocenters. The lowest BCUT2D eigenvalue weighted by atomic mass is 10.1. The van der Waals surface area contributed by atoms with Crippen molar-refractivity contribution in [1.82, 2.24) is 9.61 Å². The Balaban J connectivity index is 2.99. The molecule has 0 bridgehead atoms. The molecular weight excluding hydrogens is 292 g/mol. The first-order valence-corrected chi connectivity index (χ1v) is 6.23. The van der Waals surface area contributed by atoms with Gasteiger partial charge in [-0.1, -0.05) is 0 Å². The van der Waals surface area contributed by atoms with Crippen LogP contribution in [0.25, 0.3) is 5.52 Å². The van der Waals surface area contributed by atoms with Gasteiger partial charge in [-0.15, -0.1) is 0 Å². The second-order valence-electron chi connectivity index (χ2n) is 4.35. The van der Waals surface area contributed by atoms with E-state index >= 15 is 0 Å². The fourth-order valence-electron chi connectivity index (χ4n) is 2.12. The van der Waals surface area contributed by atoms with Crippen LogP contribution in [0.3, 0.4) is 0 Å². The third-order valence-corrected chi connectivity index (χ3v) is 3.08. The normalized spacial score (nSPS) is 10.4. The maximum Gasteiger partial charge on any atom is 0.357 e. The molecule has 2 rings (SSSR count). The highest BCUT2D eigenvalue weighted by molar-refractivity contribution is 6.14. The summed E-state index contributed by atoms with van der Waals surface area (Å²) >= 11 is 0. The standard InChI is InChI=1S/C14H14N2O6/c1-7-5-6-8-9(12(17)20-2)10(13(18)21-3)11(14(19)22-4)16(8)15-7/h5-6H,1-4H3. The molecule has 2 aromatic rings. The van der Waals surface area contributed by atoms with E-state index in [2.05, 4.69) is 14.6 Å². The van der Waals surface area contributed by atoms with Crippen LogP contribution in [0.1, 0.15) is 36.9 Å². The van der Waals surface area contributed by atoms with Gasteiger partial charge < -0.3 is 14.2 Å². The highest BCUT2D eigenvalue weighted by atomic mass is 16.5. The van der Waals surface area contributed by atoms with Gasteiger partial charge >= 0.3 is 17.9 Å². The van der Waals surface area contributed by atoms with Gasteiger partial charge in [0.25, 0.3) is 0 Å². The number of methoxy groups -OCH3 is 3. The van der Waals surface area contributed by atoms with Crippen molar-refractivity contribution in [1.29, 1.82) is 0 Å². The van der Waals surface area contributed by atoms with Gasteiger partial charge in [0, 0.05) is 0 Å². The average molecular weight is 306 g/mol. The maximum absolute atomic E-state index is 12.1. The second-order valence-corrected chi connectivity index (χ2v) is 4.35. The first-order chi connectivity index (χ1) is 10.5. The Kier molecular flexibility index (Phi) is 4.11. The molecular formula is C14H14N2O6. The van der Waals surface area contributed by atoms with E-state index in [4.69, 9.17) is 4.74 Å². The third kappa shape index (κ3) is 2.28. The van der Waals surface area contributed by atoms with Crippen molar-refractivity contribution in [3.8, 4) is 0 Å². The van der Waals surface area contributed by atoms with Crippen LogP contribution in [0.5, 0.6) is 0 Å². The minimum absolute atomic E-state index is 0.0951.